The van der Waals surface area contributed by atoms with Crippen LogP contribution in [-0.2, 0) is 14.8 Å². The highest BCUT2D eigenvalue weighted by Gasteiger charge is 2.29. The zero-order valence-electron chi connectivity index (χ0n) is 16.1. The first-order valence-corrected chi connectivity index (χ1v) is 11.9. The Morgan fingerprint density at radius 2 is 1.82 bits per heavy atom. The van der Waals surface area contributed by atoms with E-state index in [0.29, 0.717) is 49.4 Å². The third-order valence-electron chi connectivity index (χ3n) is 5.10. The molecule has 1 aliphatic rings. The van der Waals surface area contributed by atoms with Gasteiger partial charge in [0.25, 0.3) is 10.0 Å². The van der Waals surface area contributed by atoms with Gasteiger partial charge in [0.2, 0.25) is 5.91 Å². The van der Waals surface area contributed by atoms with Crippen LogP contribution >= 0.6 is 11.3 Å². The lowest BCUT2D eigenvalue weighted by atomic mass is 9.96. The van der Waals surface area contributed by atoms with Crippen molar-refractivity contribution in [3.8, 4) is 0 Å². The largest absolute Gasteiger partial charge is 0.354 e. The van der Waals surface area contributed by atoms with Gasteiger partial charge in [-0.25, -0.2) is 8.42 Å². The van der Waals surface area contributed by atoms with Crippen molar-refractivity contribution < 1.29 is 13.2 Å². The summed E-state index contributed by atoms with van der Waals surface area (Å²) in [6.07, 6.45) is 0.962. The van der Waals surface area contributed by atoms with Crippen molar-refractivity contribution in [1.29, 1.82) is 0 Å². The number of rotatable bonds is 8. The maximum absolute atomic E-state index is 12.6. The zero-order valence-corrected chi connectivity index (χ0v) is 17.7. The highest BCUT2D eigenvalue weighted by atomic mass is 32.2. The smallest absolute Gasteiger partial charge is 0.252 e. The SMILES string of the molecule is CC[C@@H](CNC(=O)CN1CCN(S(=O)(=O)c2cccs2)CC1)c1ccccc1. The van der Waals surface area contributed by atoms with Crippen LogP contribution < -0.4 is 5.32 Å². The molecule has 0 spiro atoms. The van der Waals surface area contributed by atoms with Crippen LogP contribution in [0.25, 0.3) is 0 Å². The number of nitrogens with one attached hydrogen (secondary N) is 1. The Bertz CT molecular complexity index is 846. The standard InChI is InChI=1S/C20H27N3O3S2/c1-2-17(18-7-4-3-5-8-18)15-21-19(24)16-22-10-12-23(13-11-22)28(25,26)20-9-6-14-27-20/h3-9,14,17H,2,10-13,15-16H2,1H3,(H,21,24)/t17-/m0/s1. The van der Waals surface area contributed by atoms with Crippen LogP contribution in [0.3, 0.4) is 0 Å². The number of piperazine rings is 1. The number of hydrogen-bond donors (Lipinski definition) is 1. The maximum Gasteiger partial charge on any atom is 0.252 e. The molecular formula is C20H27N3O3S2. The number of nitrogens with zero attached hydrogens (tertiary/aromatic N) is 2. The lowest BCUT2D eigenvalue weighted by molar-refractivity contribution is -0.122. The van der Waals surface area contributed by atoms with Crippen molar-refractivity contribution in [3.05, 3.63) is 53.4 Å². The molecule has 0 radical (unpaired) electrons. The molecule has 0 bridgehead atoms. The van der Waals surface area contributed by atoms with Gasteiger partial charge in [-0.2, -0.15) is 4.31 Å². The number of amides is 1. The average Bonchev–Trinajstić information content (AvgIpc) is 3.25. The van der Waals surface area contributed by atoms with Crippen LogP contribution in [0.1, 0.15) is 24.8 Å². The second-order valence-corrected chi connectivity index (χ2v) is 10.0. The number of carbonyl (C=O) groups is 1. The third-order valence-corrected chi connectivity index (χ3v) is 8.37. The molecule has 1 aliphatic heterocycles. The van der Waals surface area contributed by atoms with E-state index in [9.17, 15) is 13.2 Å². The first kappa shape index (κ1) is 21.0. The number of carbonyl (C=O) groups excluding carboxylic acids is 1. The molecule has 1 amide bonds. The fourth-order valence-electron chi connectivity index (χ4n) is 3.38. The molecule has 1 aromatic heterocycles. The molecule has 28 heavy (non-hydrogen) atoms. The summed E-state index contributed by atoms with van der Waals surface area (Å²) in [6.45, 7) is 4.99. The number of thiophene rings is 1. The van der Waals surface area contributed by atoms with Gasteiger partial charge in [0, 0.05) is 38.6 Å². The topological polar surface area (TPSA) is 69.7 Å². The van der Waals surface area contributed by atoms with E-state index in [1.54, 1.807) is 17.5 Å². The number of hydrogen-bond acceptors (Lipinski definition) is 5. The average molecular weight is 422 g/mol. The molecule has 2 aromatic rings. The van der Waals surface area contributed by atoms with E-state index < -0.39 is 10.0 Å². The van der Waals surface area contributed by atoms with Crippen molar-refractivity contribution in [1.82, 2.24) is 14.5 Å². The first-order chi connectivity index (χ1) is 13.5. The summed E-state index contributed by atoms with van der Waals surface area (Å²) in [7, 11) is -3.40. The van der Waals surface area contributed by atoms with Crippen molar-refractivity contribution in [2.45, 2.75) is 23.5 Å². The van der Waals surface area contributed by atoms with Gasteiger partial charge in [-0.3, -0.25) is 9.69 Å². The van der Waals surface area contributed by atoms with Gasteiger partial charge in [-0.15, -0.1) is 11.3 Å². The van der Waals surface area contributed by atoms with Crippen LogP contribution in [0.2, 0.25) is 0 Å². The minimum absolute atomic E-state index is 0.0102. The third kappa shape index (κ3) is 5.20. The van der Waals surface area contributed by atoms with Crippen molar-refractivity contribution in [2.75, 3.05) is 39.3 Å². The molecular weight excluding hydrogens is 394 g/mol. The Morgan fingerprint density at radius 1 is 1.11 bits per heavy atom. The molecule has 0 saturated carbocycles. The Morgan fingerprint density at radius 3 is 2.43 bits per heavy atom. The van der Waals surface area contributed by atoms with Crippen LogP contribution in [0.15, 0.2) is 52.1 Å². The van der Waals surface area contributed by atoms with E-state index in [2.05, 4.69) is 24.4 Å². The second-order valence-electron chi connectivity index (χ2n) is 6.93. The molecule has 8 heteroatoms. The Balaban J connectivity index is 1.45. The number of sulfonamides is 1. The number of benzene rings is 1. The lowest BCUT2D eigenvalue weighted by Gasteiger charge is -2.33. The van der Waals surface area contributed by atoms with Crippen molar-refractivity contribution >= 4 is 27.3 Å². The minimum Gasteiger partial charge on any atom is -0.354 e. The van der Waals surface area contributed by atoms with Gasteiger partial charge in [0.1, 0.15) is 4.21 Å². The highest BCUT2D eigenvalue weighted by Crippen LogP contribution is 2.22. The van der Waals surface area contributed by atoms with Gasteiger partial charge < -0.3 is 5.32 Å². The molecule has 0 aliphatic carbocycles. The predicted octanol–water partition coefficient (Wildman–Crippen LogP) is 2.36. The summed E-state index contributed by atoms with van der Waals surface area (Å²) in [5.74, 6) is 0.293. The van der Waals surface area contributed by atoms with E-state index in [4.69, 9.17) is 0 Å². The molecule has 1 aromatic carbocycles. The second kappa shape index (κ2) is 9.65. The highest BCUT2D eigenvalue weighted by molar-refractivity contribution is 7.91. The first-order valence-electron chi connectivity index (χ1n) is 9.58. The van der Waals surface area contributed by atoms with Crippen LogP contribution in [0, 0.1) is 0 Å². The summed E-state index contributed by atoms with van der Waals surface area (Å²) in [6, 6.07) is 13.6. The molecule has 3 rings (SSSR count). The molecule has 1 saturated heterocycles. The predicted molar refractivity (Wildman–Crippen MR) is 112 cm³/mol. The van der Waals surface area contributed by atoms with Gasteiger partial charge in [-0.05, 0) is 23.4 Å². The summed E-state index contributed by atoms with van der Waals surface area (Å²) < 4.78 is 27.0. The summed E-state index contributed by atoms with van der Waals surface area (Å²) in [5.41, 5.74) is 1.23. The van der Waals surface area contributed by atoms with E-state index in [1.165, 1.54) is 21.2 Å². The fourth-order valence-corrected chi connectivity index (χ4v) is 5.95. The lowest BCUT2D eigenvalue weighted by Crippen LogP contribution is -2.51. The van der Waals surface area contributed by atoms with E-state index in [0.717, 1.165) is 6.42 Å². The van der Waals surface area contributed by atoms with Crippen molar-refractivity contribution in [2.24, 2.45) is 0 Å². The molecule has 152 valence electrons. The monoisotopic (exact) mass is 421 g/mol. The normalized spacial score (nSPS) is 17.3. The van der Waals surface area contributed by atoms with E-state index in [1.807, 2.05) is 23.1 Å². The summed E-state index contributed by atoms with van der Waals surface area (Å²) in [5, 5.41) is 4.80. The molecule has 2 heterocycles. The van der Waals surface area contributed by atoms with Crippen molar-refractivity contribution in [3.63, 3.8) is 0 Å². The maximum atomic E-state index is 12.6. The van der Waals surface area contributed by atoms with E-state index >= 15 is 0 Å². The van der Waals surface area contributed by atoms with Gasteiger partial charge in [0.05, 0.1) is 6.54 Å². The van der Waals surface area contributed by atoms with Crippen LogP contribution in [0.5, 0.6) is 0 Å². The Kier molecular flexibility index (Phi) is 7.23. The zero-order chi connectivity index (χ0) is 20.0. The molecule has 6 nitrogen and oxygen atoms in total. The van der Waals surface area contributed by atoms with Gasteiger partial charge in [0.15, 0.2) is 0 Å². The quantitative estimate of drug-likeness (QED) is 0.710. The fraction of sp³-hybridized carbons (Fsp3) is 0.450. The van der Waals surface area contributed by atoms with Gasteiger partial charge in [-0.1, -0.05) is 43.3 Å². The summed E-state index contributed by atoms with van der Waals surface area (Å²) >= 11 is 1.24. The minimum atomic E-state index is -3.40. The van der Waals surface area contributed by atoms with E-state index in [-0.39, 0.29) is 5.91 Å². The Hall–Kier alpha value is -1.74. The summed E-state index contributed by atoms with van der Waals surface area (Å²) in [4.78, 5) is 14.4. The van der Waals surface area contributed by atoms with Crippen LogP contribution in [-0.4, -0.2) is 62.8 Å². The molecule has 1 atom stereocenters. The van der Waals surface area contributed by atoms with Crippen LogP contribution in [0.4, 0.5) is 0 Å². The Labute approximate surface area is 171 Å². The molecule has 1 fully saturated rings. The molecule has 0 unspecified atom stereocenters. The van der Waals surface area contributed by atoms with Gasteiger partial charge >= 0.3 is 0 Å². The molecule has 1 N–H and O–H groups in total.